The van der Waals surface area contributed by atoms with E-state index in [9.17, 15) is 15.0 Å². The summed E-state index contributed by atoms with van der Waals surface area (Å²) in [6.07, 6.45) is -0.920. The van der Waals surface area contributed by atoms with E-state index in [4.69, 9.17) is 14.2 Å². The maximum atomic E-state index is 11.8. The molecule has 1 rings (SSSR count). The third kappa shape index (κ3) is 4.71. The Balaban J connectivity index is 2.55. The fourth-order valence-electron chi connectivity index (χ4n) is 1.45. The number of carbonyl (C=O) groups is 1. The predicted molar refractivity (Wildman–Crippen MR) is 72.0 cm³/mol. The van der Waals surface area contributed by atoms with E-state index in [0.29, 0.717) is 0 Å². The molecule has 0 aliphatic heterocycles. The second-order valence-corrected chi connectivity index (χ2v) is 4.49. The predicted octanol–water partition coefficient (Wildman–Crippen LogP) is 1.34. The average molecular weight is 284 g/mol. The quantitative estimate of drug-likeness (QED) is 0.735. The van der Waals surface area contributed by atoms with Crippen LogP contribution in [-0.2, 0) is 9.47 Å². The summed E-state index contributed by atoms with van der Waals surface area (Å²) in [6, 6.07) is 4.50. The number of phenolic OH excluding ortho intramolecular Hbond substituents is 1. The van der Waals surface area contributed by atoms with E-state index in [1.54, 1.807) is 6.07 Å². The Bertz CT molecular complexity index is 443. The fourth-order valence-corrected chi connectivity index (χ4v) is 1.45. The van der Waals surface area contributed by atoms with Gasteiger partial charge in [0.15, 0.2) is 11.5 Å². The van der Waals surface area contributed by atoms with Crippen LogP contribution in [0.3, 0.4) is 0 Å². The first kappa shape index (κ1) is 16.3. The number of hydrogen-bond donors (Lipinski definition) is 2. The number of para-hydroxylation sites is 1. The Labute approximate surface area is 117 Å². The molecule has 1 unspecified atom stereocenters. The zero-order valence-electron chi connectivity index (χ0n) is 11.8. The minimum atomic E-state index is -0.908. The molecule has 1 atom stereocenters. The van der Waals surface area contributed by atoms with E-state index in [-0.39, 0.29) is 36.4 Å². The summed E-state index contributed by atoms with van der Waals surface area (Å²) in [5.74, 6) is -0.832. The van der Waals surface area contributed by atoms with Crippen molar-refractivity contribution in [1.82, 2.24) is 0 Å². The van der Waals surface area contributed by atoms with Crippen LogP contribution < -0.4 is 4.74 Å². The SMILES string of the molecule is COc1cccc(C(=O)OCC(O)COC(C)C)c1O. The summed E-state index contributed by atoms with van der Waals surface area (Å²) in [5, 5.41) is 19.4. The Kier molecular flexibility index (Phi) is 6.27. The summed E-state index contributed by atoms with van der Waals surface area (Å²) in [6.45, 7) is 3.55. The van der Waals surface area contributed by atoms with Crippen molar-refractivity contribution in [3.05, 3.63) is 23.8 Å². The number of esters is 1. The van der Waals surface area contributed by atoms with E-state index in [0.717, 1.165) is 0 Å². The number of ether oxygens (including phenoxy) is 3. The maximum absolute atomic E-state index is 11.8. The molecule has 0 aromatic heterocycles. The molecule has 0 heterocycles. The van der Waals surface area contributed by atoms with E-state index in [1.807, 2.05) is 13.8 Å². The first-order valence-electron chi connectivity index (χ1n) is 6.28. The molecule has 0 bridgehead atoms. The van der Waals surface area contributed by atoms with E-state index in [2.05, 4.69) is 0 Å². The van der Waals surface area contributed by atoms with Crippen LogP contribution in [0, 0.1) is 0 Å². The minimum absolute atomic E-state index is 0.0113. The largest absolute Gasteiger partial charge is 0.504 e. The Morgan fingerprint density at radius 1 is 1.30 bits per heavy atom. The van der Waals surface area contributed by atoms with Crippen molar-refractivity contribution < 1.29 is 29.2 Å². The molecule has 2 N–H and O–H groups in total. The van der Waals surface area contributed by atoms with Gasteiger partial charge in [0.1, 0.15) is 18.3 Å². The van der Waals surface area contributed by atoms with Gasteiger partial charge in [0.2, 0.25) is 0 Å². The number of rotatable bonds is 7. The molecule has 0 aliphatic rings. The van der Waals surface area contributed by atoms with Gasteiger partial charge in [-0.3, -0.25) is 0 Å². The van der Waals surface area contributed by atoms with Crippen LogP contribution in [-0.4, -0.2) is 48.7 Å². The van der Waals surface area contributed by atoms with E-state index < -0.39 is 12.1 Å². The average Bonchev–Trinajstić information content (AvgIpc) is 2.42. The normalized spacial score (nSPS) is 12.2. The summed E-state index contributed by atoms with van der Waals surface area (Å²) < 4.78 is 15.0. The number of aromatic hydroxyl groups is 1. The smallest absolute Gasteiger partial charge is 0.342 e. The van der Waals surface area contributed by atoms with Crippen LogP contribution in [0.25, 0.3) is 0 Å². The zero-order valence-corrected chi connectivity index (χ0v) is 11.8. The number of carbonyl (C=O) groups excluding carboxylic acids is 1. The summed E-state index contributed by atoms with van der Waals surface area (Å²) in [5.41, 5.74) is -0.0127. The van der Waals surface area contributed by atoms with Crippen molar-refractivity contribution >= 4 is 5.97 Å². The maximum Gasteiger partial charge on any atom is 0.342 e. The molecule has 6 nitrogen and oxygen atoms in total. The second kappa shape index (κ2) is 7.72. The van der Waals surface area contributed by atoms with Gasteiger partial charge in [-0.25, -0.2) is 4.79 Å². The number of phenols is 1. The molecule has 0 saturated heterocycles. The van der Waals surface area contributed by atoms with Gasteiger partial charge in [-0.1, -0.05) is 6.07 Å². The number of aliphatic hydroxyl groups is 1. The first-order valence-corrected chi connectivity index (χ1v) is 6.28. The molecule has 6 heteroatoms. The molecule has 1 aromatic carbocycles. The minimum Gasteiger partial charge on any atom is -0.504 e. The molecule has 0 fully saturated rings. The lowest BCUT2D eigenvalue weighted by atomic mass is 10.2. The van der Waals surface area contributed by atoms with Crippen LogP contribution >= 0.6 is 0 Å². The molecule has 112 valence electrons. The highest BCUT2D eigenvalue weighted by molar-refractivity contribution is 5.93. The van der Waals surface area contributed by atoms with Crippen LogP contribution in [0.2, 0.25) is 0 Å². The van der Waals surface area contributed by atoms with Crippen LogP contribution in [0.5, 0.6) is 11.5 Å². The van der Waals surface area contributed by atoms with Crippen molar-refractivity contribution in [3.8, 4) is 11.5 Å². The highest BCUT2D eigenvalue weighted by atomic mass is 16.5. The second-order valence-electron chi connectivity index (χ2n) is 4.49. The molecular formula is C14H20O6. The van der Waals surface area contributed by atoms with Gasteiger partial charge in [0.25, 0.3) is 0 Å². The lowest BCUT2D eigenvalue weighted by Gasteiger charge is -2.14. The Morgan fingerprint density at radius 2 is 2.00 bits per heavy atom. The monoisotopic (exact) mass is 284 g/mol. The first-order chi connectivity index (χ1) is 9.45. The number of hydrogen-bond acceptors (Lipinski definition) is 6. The molecule has 20 heavy (non-hydrogen) atoms. The van der Waals surface area contributed by atoms with Crippen molar-refractivity contribution in [2.24, 2.45) is 0 Å². The van der Waals surface area contributed by atoms with Gasteiger partial charge in [-0.15, -0.1) is 0 Å². The van der Waals surface area contributed by atoms with Gasteiger partial charge in [-0.05, 0) is 26.0 Å². The number of benzene rings is 1. The summed E-state index contributed by atoms with van der Waals surface area (Å²) >= 11 is 0. The fraction of sp³-hybridized carbons (Fsp3) is 0.500. The third-order valence-electron chi connectivity index (χ3n) is 2.47. The number of aliphatic hydroxyl groups excluding tert-OH is 1. The highest BCUT2D eigenvalue weighted by Gasteiger charge is 2.17. The highest BCUT2D eigenvalue weighted by Crippen LogP contribution is 2.29. The molecule has 0 aliphatic carbocycles. The molecule has 0 amide bonds. The Morgan fingerprint density at radius 3 is 2.60 bits per heavy atom. The number of methoxy groups -OCH3 is 1. The van der Waals surface area contributed by atoms with Gasteiger partial charge in [-0.2, -0.15) is 0 Å². The van der Waals surface area contributed by atoms with Crippen LogP contribution in [0.4, 0.5) is 0 Å². The Hall–Kier alpha value is -1.79. The van der Waals surface area contributed by atoms with Gasteiger partial charge in [0.05, 0.1) is 19.8 Å². The van der Waals surface area contributed by atoms with Gasteiger partial charge >= 0.3 is 5.97 Å². The molecule has 1 aromatic rings. The zero-order chi connectivity index (χ0) is 15.1. The lowest BCUT2D eigenvalue weighted by Crippen LogP contribution is -2.25. The topological polar surface area (TPSA) is 85.2 Å². The standard InChI is InChI=1S/C14H20O6/c1-9(2)19-7-10(15)8-20-14(17)11-5-4-6-12(18-3)13(11)16/h4-6,9-10,15-16H,7-8H2,1-3H3. The van der Waals surface area contributed by atoms with Crippen LogP contribution in [0.1, 0.15) is 24.2 Å². The van der Waals surface area contributed by atoms with E-state index in [1.165, 1.54) is 19.2 Å². The summed E-state index contributed by atoms with van der Waals surface area (Å²) in [4.78, 5) is 11.8. The molecule has 0 saturated carbocycles. The van der Waals surface area contributed by atoms with Crippen LogP contribution in [0.15, 0.2) is 18.2 Å². The lowest BCUT2D eigenvalue weighted by molar-refractivity contribution is -0.0270. The summed E-state index contributed by atoms with van der Waals surface area (Å²) in [7, 11) is 1.39. The van der Waals surface area contributed by atoms with Crippen molar-refractivity contribution in [1.29, 1.82) is 0 Å². The molecular weight excluding hydrogens is 264 g/mol. The van der Waals surface area contributed by atoms with Crippen molar-refractivity contribution in [2.75, 3.05) is 20.3 Å². The van der Waals surface area contributed by atoms with Crippen molar-refractivity contribution in [2.45, 2.75) is 26.1 Å². The van der Waals surface area contributed by atoms with Gasteiger partial charge < -0.3 is 24.4 Å². The van der Waals surface area contributed by atoms with Gasteiger partial charge in [0, 0.05) is 0 Å². The molecule has 0 spiro atoms. The van der Waals surface area contributed by atoms with E-state index >= 15 is 0 Å². The molecule has 0 radical (unpaired) electrons. The third-order valence-corrected chi connectivity index (χ3v) is 2.47. The van der Waals surface area contributed by atoms with Crippen molar-refractivity contribution in [3.63, 3.8) is 0 Å².